The first kappa shape index (κ1) is 62.4. The lowest BCUT2D eigenvalue weighted by molar-refractivity contribution is -0.167. The lowest BCUT2D eigenvalue weighted by Crippen LogP contribution is -2.30. The van der Waals surface area contributed by atoms with Gasteiger partial charge in [0, 0.05) is 19.3 Å². The van der Waals surface area contributed by atoms with Crippen LogP contribution in [-0.2, 0) is 28.6 Å². The minimum absolute atomic E-state index is 0.0620. The molecule has 6 heteroatoms. The summed E-state index contributed by atoms with van der Waals surface area (Å²) in [5.41, 5.74) is 0. The van der Waals surface area contributed by atoms with E-state index in [0.29, 0.717) is 19.3 Å². The molecule has 0 aromatic heterocycles. The monoisotopic (exact) mass is 905 g/mol. The van der Waals surface area contributed by atoms with Crippen molar-refractivity contribution in [2.45, 2.75) is 336 Å². The fraction of sp³-hybridized carbons (Fsp3) is 0.948. The van der Waals surface area contributed by atoms with Crippen LogP contribution in [0.1, 0.15) is 329 Å². The quantitative estimate of drug-likeness (QED) is 0.0344. The number of ether oxygens (including phenoxy) is 3. The summed E-state index contributed by atoms with van der Waals surface area (Å²) < 4.78 is 16.9. The van der Waals surface area contributed by atoms with E-state index in [1.807, 2.05) is 0 Å². The normalized spacial score (nSPS) is 12.0. The maximum absolute atomic E-state index is 12.8. The van der Waals surface area contributed by atoms with Crippen LogP contribution in [0.25, 0.3) is 0 Å². The molecule has 0 aromatic rings. The minimum Gasteiger partial charge on any atom is -0.462 e. The maximum Gasteiger partial charge on any atom is 0.306 e. The van der Waals surface area contributed by atoms with Gasteiger partial charge in [0.1, 0.15) is 13.2 Å². The highest BCUT2D eigenvalue weighted by Crippen LogP contribution is 2.18. The van der Waals surface area contributed by atoms with Gasteiger partial charge in [-0.25, -0.2) is 0 Å². The Balaban J connectivity index is 4.29. The maximum atomic E-state index is 12.8. The second kappa shape index (κ2) is 52.4. The minimum atomic E-state index is -0.762. The number of carbonyl (C=O) groups is 3. The van der Waals surface area contributed by atoms with Crippen LogP contribution in [-0.4, -0.2) is 37.2 Å². The molecule has 0 aliphatic rings. The third-order valence-electron chi connectivity index (χ3n) is 13.3. The first-order valence-corrected chi connectivity index (χ1v) is 28.9. The zero-order chi connectivity index (χ0) is 46.7. The Bertz CT molecular complexity index is 964. The van der Waals surface area contributed by atoms with E-state index in [0.717, 1.165) is 63.7 Å². The molecule has 0 amide bonds. The number of carbonyl (C=O) groups excluding carboxylic acids is 3. The fourth-order valence-electron chi connectivity index (χ4n) is 8.92. The van der Waals surface area contributed by atoms with E-state index < -0.39 is 6.10 Å². The molecule has 0 aliphatic heterocycles. The van der Waals surface area contributed by atoms with E-state index in [-0.39, 0.29) is 31.1 Å². The van der Waals surface area contributed by atoms with Gasteiger partial charge in [-0.1, -0.05) is 291 Å². The molecule has 0 unspecified atom stereocenters. The smallest absolute Gasteiger partial charge is 0.306 e. The molecular weight excluding hydrogens is 793 g/mol. The van der Waals surface area contributed by atoms with Gasteiger partial charge in [0.2, 0.25) is 0 Å². The lowest BCUT2D eigenvalue weighted by Gasteiger charge is -2.18. The van der Waals surface area contributed by atoms with Crippen LogP contribution < -0.4 is 0 Å². The van der Waals surface area contributed by atoms with Crippen LogP contribution in [0.2, 0.25) is 0 Å². The van der Waals surface area contributed by atoms with Crippen molar-refractivity contribution in [1.29, 1.82) is 0 Å². The first-order chi connectivity index (χ1) is 31.4. The summed E-state index contributed by atoms with van der Waals surface area (Å²) in [7, 11) is 0. The van der Waals surface area contributed by atoms with Crippen molar-refractivity contribution in [2.24, 2.45) is 5.92 Å². The van der Waals surface area contributed by atoms with Crippen molar-refractivity contribution in [1.82, 2.24) is 0 Å². The number of hydrogen-bond donors (Lipinski definition) is 0. The first-order valence-electron chi connectivity index (χ1n) is 28.9. The van der Waals surface area contributed by atoms with Crippen molar-refractivity contribution < 1.29 is 28.6 Å². The number of esters is 3. The molecule has 0 bridgehead atoms. The molecule has 380 valence electrons. The largest absolute Gasteiger partial charge is 0.462 e. The number of rotatable bonds is 53. The van der Waals surface area contributed by atoms with Gasteiger partial charge in [0.05, 0.1) is 0 Å². The molecule has 0 spiro atoms. The summed E-state index contributed by atoms with van der Waals surface area (Å²) in [6, 6.07) is 0. The van der Waals surface area contributed by atoms with Crippen LogP contribution in [0.5, 0.6) is 0 Å². The van der Waals surface area contributed by atoms with Crippen molar-refractivity contribution in [3.63, 3.8) is 0 Å². The Morgan fingerprint density at radius 1 is 0.297 bits per heavy atom. The van der Waals surface area contributed by atoms with Crippen molar-refractivity contribution in [3.8, 4) is 0 Å². The van der Waals surface area contributed by atoms with E-state index in [4.69, 9.17) is 14.2 Å². The van der Waals surface area contributed by atoms with Gasteiger partial charge in [-0.2, -0.15) is 0 Å². The second-order valence-corrected chi connectivity index (χ2v) is 20.4. The molecule has 64 heavy (non-hydrogen) atoms. The Kier molecular flexibility index (Phi) is 51.1. The van der Waals surface area contributed by atoms with Crippen LogP contribution in [0.15, 0.2) is 0 Å². The van der Waals surface area contributed by atoms with Gasteiger partial charge in [0.25, 0.3) is 0 Å². The van der Waals surface area contributed by atoms with Gasteiger partial charge < -0.3 is 14.2 Å². The number of hydrogen-bond acceptors (Lipinski definition) is 6. The predicted molar refractivity (Wildman–Crippen MR) is 275 cm³/mol. The molecule has 0 N–H and O–H groups in total. The third kappa shape index (κ3) is 51.4. The molecule has 0 heterocycles. The zero-order valence-electron chi connectivity index (χ0n) is 43.8. The summed E-state index contributed by atoms with van der Waals surface area (Å²) >= 11 is 0. The molecule has 0 aromatic carbocycles. The highest BCUT2D eigenvalue weighted by atomic mass is 16.6. The SMILES string of the molecule is CCCCCCCCCCCCCCCCCCCC(=O)OC[C@@H](COC(=O)CCCCCCCCCCCCCCCCC)OC(=O)CCCCCCCCCCCCCC(C)C. The molecule has 0 aliphatic carbocycles. The molecule has 6 nitrogen and oxygen atoms in total. The average Bonchev–Trinajstić information content (AvgIpc) is 3.28. The van der Waals surface area contributed by atoms with Crippen molar-refractivity contribution in [2.75, 3.05) is 13.2 Å². The van der Waals surface area contributed by atoms with Crippen LogP contribution in [0.3, 0.4) is 0 Å². The van der Waals surface area contributed by atoms with E-state index >= 15 is 0 Å². The molecule has 0 saturated carbocycles. The average molecular weight is 906 g/mol. The van der Waals surface area contributed by atoms with Gasteiger partial charge in [0.15, 0.2) is 6.10 Å². The summed E-state index contributed by atoms with van der Waals surface area (Å²) in [5.74, 6) is -0.0109. The highest BCUT2D eigenvalue weighted by molar-refractivity contribution is 5.71. The Hall–Kier alpha value is -1.59. The van der Waals surface area contributed by atoms with E-state index in [9.17, 15) is 14.4 Å². The Labute approximate surface area is 399 Å². The molecule has 0 saturated heterocycles. The van der Waals surface area contributed by atoms with Gasteiger partial charge in [-0.15, -0.1) is 0 Å². The van der Waals surface area contributed by atoms with E-state index in [1.165, 1.54) is 225 Å². The fourth-order valence-corrected chi connectivity index (χ4v) is 8.92. The molecule has 1 atom stereocenters. The summed E-state index contributed by atoms with van der Waals surface area (Å²) in [5, 5.41) is 0. The predicted octanol–water partition coefficient (Wildman–Crippen LogP) is 19.0. The Morgan fingerprint density at radius 3 is 0.766 bits per heavy atom. The Morgan fingerprint density at radius 2 is 0.516 bits per heavy atom. The van der Waals surface area contributed by atoms with Gasteiger partial charge in [-0.3, -0.25) is 14.4 Å². The zero-order valence-corrected chi connectivity index (χ0v) is 43.8. The van der Waals surface area contributed by atoms with Crippen molar-refractivity contribution in [3.05, 3.63) is 0 Å². The van der Waals surface area contributed by atoms with Crippen LogP contribution >= 0.6 is 0 Å². The summed E-state index contributed by atoms with van der Waals surface area (Å²) in [6.07, 6.45) is 56.6. The summed E-state index contributed by atoms with van der Waals surface area (Å²) in [4.78, 5) is 38.1. The standard InChI is InChI=1S/C58H112O6/c1-5-7-9-11-13-15-17-19-21-22-24-26-30-34-38-42-46-50-57(60)63-53-55(64-58(61)51-47-43-39-35-31-27-28-32-36-40-44-48-54(3)4)52-62-56(59)49-45-41-37-33-29-25-23-20-18-16-14-12-10-8-6-2/h54-55H,5-53H2,1-4H3/t55-/m1/s1. The van der Waals surface area contributed by atoms with E-state index in [1.54, 1.807) is 0 Å². The molecule has 0 rings (SSSR count). The molecular formula is C58H112O6. The highest BCUT2D eigenvalue weighted by Gasteiger charge is 2.19. The van der Waals surface area contributed by atoms with Crippen LogP contribution in [0, 0.1) is 5.92 Å². The van der Waals surface area contributed by atoms with Gasteiger partial charge in [-0.05, 0) is 25.2 Å². The summed E-state index contributed by atoms with van der Waals surface area (Å²) in [6.45, 7) is 9.05. The second-order valence-electron chi connectivity index (χ2n) is 20.4. The van der Waals surface area contributed by atoms with Crippen molar-refractivity contribution >= 4 is 17.9 Å². The number of unbranched alkanes of at least 4 members (excludes halogenated alkanes) is 40. The van der Waals surface area contributed by atoms with Gasteiger partial charge >= 0.3 is 17.9 Å². The topological polar surface area (TPSA) is 78.9 Å². The van der Waals surface area contributed by atoms with Crippen LogP contribution in [0.4, 0.5) is 0 Å². The third-order valence-corrected chi connectivity index (χ3v) is 13.3. The molecule has 0 radical (unpaired) electrons. The molecule has 0 fully saturated rings. The lowest BCUT2D eigenvalue weighted by atomic mass is 10.0. The van der Waals surface area contributed by atoms with E-state index in [2.05, 4.69) is 27.7 Å².